The molecule has 3 heterocycles. The van der Waals surface area contributed by atoms with Gasteiger partial charge in [0, 0.05) is 63.2 Å². The molecule has 1 aliphatic heterocycles. The Kier molecular flexibility index (Phi) is 3.85. The summed E-state index contributed by atoms with van der Waals surface area (Å²) < 4.78 is 10.1. The van der Waals surface area contributed by atoms with Crippen LogP contribution in [0.5, 0.6) is 0 Å². The molecule has 0 aromatic carbocycles. The van der Waals surface area contributed by atoms with Gasteiger partial charge in [0.25, 0.3) is 0 Å². The summed E-state index contributed by atoms with van der Waals surface area (Å²) >= 11 is 0. The fourth-order valence-corrected chi connectivity index (χ4v) is 3.55. The highest BCUT2D eigenvalue weighted by Gasteiger charge is 2.31. The van der Waals surface area contributed by atoms with E-state index in [1.54, 1.807) is 0 Å². The molecule has 0 amide bonds. The van der Waals surface area contributed by atoms with Gasteiger partial charge in [-0.25, -0.2) is 4.98 Å². The van der Waals surface area contributed by atoms with E-state index in [1.165, 1.54) is 18.5 Å². The number of hydrogen-bond donors (Lipinski definition) is 1. The van der Waals surface area contributed by atoms with Crippen LogP contribution in [0.1, 0.15) is 49.2 Å². The lowest BCUT2D eigenvalue weighted by Gasteiger charge is -2.31. The van der Waals surface area contributed by atoms with Crippen molar-refractivity contribution in [2.24, 2.45) is 20.0 Å². The molecule has 6 nitrogen and oxygen atoms in total. The van der Waals surface area contributed by atoms with E-state index in [4.69, 9.17) is 4.74 Å². The molecule has 124 valence electrons. The maximum Gasteiger partial charge on any atom is 0.148 e. The zero-order valence-electron chi connectivity index (χ0n) is 13.9. The van der Waals surface area contributed by atoms with E-state index in [1.807, 2.05) is 31.2 Å². The number of nitrogens with one attached hydrogen (secondary N) is 1. The quantitative estimate of drug-likeness (QED) is 0.921. The summed E-state index contributed by atoms with van der Waals surface area (Å²) in [7, 11) is 4.07. The van der Waals surface area contributed by atoms with Gasteiger partial charge in [-0.15, -0.1) is 0 Å². The molecule has 6 heteroatoms. The van der Waals surface area contributed by atoms with Crippen molar-refractivity contribution >= 4 is 5.82 Å². The average molecular weight is 315 g/mol. The molecule has 0 radical (unpaired) electrons. The first-order chi connectivity index (χ1) is 11.2. The van der Waals surface area contributed by atoms with Gasteiger partial charge in [-0.05, 0) is 25.7 Å². The third-order valence-electron chi connectivity index (χ3n) is 5.01. The molecule has 2 atom stereocenters. The Bertz CT molecular complexity index is 672. The maximum atomic E-state index is 6.03. The van der Waals surface area contributed by atoms with Gasteiger partial charge in [0.05, 0.1) is 0 Å². The van der Waals surface area contributed by atoms with Crippen LogP contribution < -0.4 is 5.32 Å². The van der Waals surface area contributed by atoms with E-state index in [-0.39, 0.29) is 6.10 Å². The Hall–Kier alpha value is -1.82. The molecule has 0 unspecified atom stereocenters. The summed E-state index contributed by atoms with van der Waals surface area (Å²) in [6.45, 7) is 1.70. The van der Waals surface area contributed by atoms with Crippen molar-refractivity contribution in [2.75, 3.05) is 18.5 Å². The molecule has 1 N–H and O–H groups in total. The van der Waals surface area contributed by atoms with Gasteiger partial charge in [-0.1, -0.05) is 0 Å². The minimum Gasteiger partial charge on any atom is -0.370 e. The van der Waals surface area contributed by atoms with E-state index >= 15 is 0 Å². The van der Waals surface area contributed by atoms with E-state index in [2.05, 4.69) is 26.0 Å². The van der Waals surface area contributed by atoms with Crippen LogP contribution in [0.15, 0.2) is 18.5 Å². The highest BCUT2D eigenvalue weighted by Crippen LogP contribution is 2.40. The minimum atomic E-state index is 0.0721. The molecule has 4 rings (SSSR count). The van der Waals surface area contributed by atoms with Crippen molar-refractivity contribution in [3.8, 4) is 0 Å². The summed E-state index contributed by atoms with van der Waals surface area (Å²) in [5.41, 5.74) is 1.35. The van der Waals surface area contributed by atoms with Crippen LogP contribution >= 0.6 is 0 Å². The molecule has 2 aromatic rings. The van der Waals surface area contributed by atoms with Crippen LogP contribution in [0.3, 0.4) is 0 Å². The lowest BCUT2D eigenvalue weighted by atomic mass is 9.93. The van der Waals surface area contributed by atoms with Crippen LogP contribution in [0, 0.1) is 5.92 Å². The Morgan fingerprint density at radius 2 is 2.17 bits per heavy atom. The Morgan fingerprint density at radius 3 is 2.91 bits per heavy atom. The summed E-state index contributed by atoms with van der Waals surface area (Å²) in [4.78, 5) is 4.48. The summed E-state index contributed by atoms with van der Waals surface area (Å²) in [5, 5.41) is 8.13. The minimum absolute atomic E-state index is 0.0721. The molecular formula is C17H25N5O. The molecule has 1 saturated carbocycles. The number of aryl methyl sites for hydroxylation is 2. The number of rotatable bonds is 5. The number of imidazole rings is 1. The fraction of sp³-hybridized carbons (Fsp3) is 0.647. The first-order valence-electron chi connectivity index (χ1n) is 8.59. The first kappa shape index (κ1) is 14.8. The molecule has 0 spiro atoms. The van der Waals surface area contributed by atoms with Crippen molar-refractivity contribution < 1.29 is 4.74 Å². The van der Waals surface area contributed by atoms with Gasteiger partial charge < -0.3 is 14.6 Å². The Morgan fingerprint density at radius 1 is 1.30 bits per heavy atom. The molecule has 0 bridgehead atoms. The number of nitrogens with zero attached hydrogens (tertiary/aromatic N) is 4. The monoisotopic (exact) mass is 315 g/mol. The van der Waals surface area contributed by atoms with Crippen LogP contribution in [-0.2, 0) is 18.8 Å². The van der Waals surface area contributed by atoms with Gasteiger partial charge in [-0.3, -0.25) is 4.68 Å². The number of anilines is 1. The van der Waals surface area contributed by atoms with Crippen molar-refractivity contribution in [3.05, 3.63) is 30.0 Å². The zero-order valence-corrected chi connectivity index (χ0v) is 13.9. The zero-order chi connectivity index (χ0) is 15.8. The summed E-state index contributed by atoms with van der Waals surface area (Å²) in [5.74, 6) is 3.16. The second-order valence-corrected chi connectivity index (χ2v) is 6.82. The van der Waals surface area contributed by atoms with Gasteiger partial charge in [0.2, 0.25) is 0 Å². The number of aromatic nitrogens is 4. The second kappa shape index (κ2) is 6.00. The SMILES string of the molecule is Cn1ccnc1[C@@H]1OCCC[C@H]1CNc1cc(C2CC2)n(C)n1. The highest BCUT2D eigenvalue weighted by atomic mass is 16.5. The number of ether oxygens (including phenoxy) is 1. The van der Waals surface area contributed by atoms with Crippen molar-refractivity contribution in [2.45, 2.75) is 37.7 Å². The van der Waals surface area contributed by atoms with Gasteiger partial charge in [0.1, 0.15) is 17.7 Å². The molecule has 2 aliphatic rings. The molecular weight excluding hydrogens is 290 g/mol. The van der Waals surface area contributed by atoms with E-state index in [0.717, 1.165) is 43.6 Å². The summed E-state index contributed by atoms with van der Waals surface area (Å²) in [6, 6.07) is 2.21. The predicted molar refractivity (Wildman–Crippen MR) is 88.3 cm³/mol. The van der Waals surface area contributed by atoms with Crippen molar-refractivity contribution in [1.29, 1.82) is 0 Å². The standard InChI is InChI=1S/C17H25N5O/c1-21-8-7-18-17(21)16-13(4-3-9-23-16)11-19-15-10-14(12-5-6-12)22(2)20-15/h7-8,10,12-13,16H,3-6,9,11H2,1-2H3,(H,19,20)/t13-,16+/m0/s1. The maximum absolute atomic E-state index is 6.03. The summed E-state index contributed by atoms with van der Waals surface area (Å²) in [6.07, 6.45) is 8.78. The molecule has 1 aliphatic carbocycles. The third kappa shape index (κ3) is 3.00. The van der Waals surface area contributed by atoms with Crippen LogP contribution in [0.2, 0.25) is 0 Å². The Labute approximate surface area is 136 Å². The molecule has 1 saturated heterocycles. The largest absolute Gasteiger partial charge is 0.370 e. The molecule has 2 fully saturated rings. The van der Waals surface area contributed by atoms with E-state index in [9.17, 15) is 0 Å². The van der Waals surface area contributed by atoms with Gasteiger partial charge >= 0.3 is 0 Å². The normalized spacial score (nSPS) is 24.8. The van der Waals surface area contributed by atoms with Crippen LogP contribution in [0.25, 0.3) is 0 Å². The van der Waals surface area contributed by atoms with E-state index in [0.29, 0.717) is 5.92 Å². The van der Waals surface area contributed by atoms with Crippen LogP contribution in [0.4, 0.5) is 5.82 Å². The second-order valence-electron chi connectivity index (χ2n) is 6.82. The topological polar surface area (TPSA) is 56.9 Å². The predicted octanol–water partition coefficient (Wildman–Crippen LogP) is 2.61. The van der Waals surface area contributed by atoms with Gasteiger partial charge in [0.15, 0.2) is 0 Å². The van der Waals surface area contributed by atoms with Gasteiger partial charge in [-0.2, -0.15) is 5.10 Å². The average Bonchev–Trinajstić information content (AvgIpc) is 3.20. The van der Waals surface area contributed by atoms with Crippen molar-refractivity contribution in [3.63, 3.8) is 0 Å². The smallest absolute Gasteiger partial charge is 0.148 e. The lowest BCUT2D eigenvalue weighted by molar-refractivity contribution is -0.0305. The third-order valence-corrected chi connectivity index (χ3v) is 5.01. The van der Waals surface area contributed by atoms with E-state index < -0.39 is 0 Å². The number of hydrogen-bond acceptors (Lipinski definition) is 4. The van der Waals surface area contributed by atoms with Crippen LogP contribution in [-0.4, -0.2) is 32.5 Å². The molecule has 2 aromatic heterocycles. The first-order valence-corrected chi connectivity index (χ1v) is 8.59. The fourth-order valence-electron chi connectivity index (χ4n) is 3.55. The highest BCUT2D eigenvalue weighted by molar-refractivity contribution is 5.38. The molecule has 23 heavy (non-hydrogen) atoms. The van der Waals surface area contributed by atoms with Crippen molar-refractivity contribution in [1.82, 2.24) is 19.3 Å². The Balaban J connectivity index is 1.44. The lowest BCUT2D eigenvalue weighted by Crippen LogP contribution is -2.30.